The number of carbonyl (C=O) groups excluding carboxylic acids is 1. The third-order valence-electron chi connectivity index (χ3n) is 5.89. The first-order valence-electron chi connectivity index (χ1n) is 11.9. The van der Waals surface area contributed by atoms with Gasteiger partial charge in [-0.15, -0.1) is 0 Å². The van der Waals surface area contributed by atoms with Crippen LogP contribution in [0, 0.1) is 19.7 Å². The molecule has 0 aliphatic heterocycles. The fourth-order valence-corrected chi connectivity index (χ4v) is 3.68. The van der Waals surface area contributed by atoms with E-state index in [1.54, 1.807) is 50.6 Å². The van der Waals surface area contributed by atoms with Crippen LogP contribution in [0.1, 0.15) is 17.5 Å². The van der Waals surface area contributed by atoms with Crippen molar-refractivity contribution < 1.29 is 32.9 Å². The minimum atomic E-state index is -0.578. The first-order chi connectivity index (χ1) is 18.4. The quantitative estimate of drug-likeness (QED) is 0.246. The largest absolute Gasteiger partial charge is 0.493 e. The van der Waals surface area contributed by atoms with Gasteiger partial charge in [-0.2, -0.15) is 0 Å². The molecule has 0 aliphatic rings. The van der Waals surface area contributed by atoms with Crippen molar-refractivity contribution in [2.75, 3.05) is 32.8 Å². The number of anilines is 1. The lowest BCUT2D eigenvalue weighted by molar-refractivity contribution is 0.152. The highest BCUT2D eigenvalue weighted by atomic mass is 19.1. The second-order valence-corrected chi connectivity index (χ2v) is 8.28. The Morgan fingerprint density at radius 2 is 1.63 bits per heavy atom. The van der Waals surface area contributed by atoms with Crippen LogP contribution in [0.4, 0.5) is 14.9 Å². The van der Waals surface area contributed by atoms with Gasteiger partial charge in [0.15, 0.2) is 11.5 Å². The molecule has 1 aromatic heterocycles. The maximum Gasteiger partial charge on any atom is 0.411 e. The molecule has 38 heavy (non-hydrogen) atoms. The van der Waals surface area contributed by atoms with Gasteiger partial charge in [-0.25, -0.2) is 19.2 Å². The molecule has 0 saturated heterocycles. The minimum Gasteiger partial charge on any atom is -0.493 e. The fraction of sp³-hybridized carbons (Fsp3) is 0.250. The molecule has 0 bridgehead atoms. The Morgan fingerprint density at radius 3 is 2.37 bits per heavy atom. The third kappa shape index (κ3) is 6.20. The van der Waals surface area contributed by atoms with E-state index in [1.165, 1.54) is 18.5 Å². The van der Waals surface area contributed by atoms with E-state index in [1.807, 2.05) is 13.8 Å². The van der Waals surface area contributed by atoms with E-state index in [4.69, 9.17) is 23.7 Å². The van der Waals surface area contributed by atoms with E-state index in [0.29, 0.717) is 58.5 Å². The molecule has 198 valence electrons. The summed E-state index contributed by atoms with van der Waals surface area (Å²) < 4.78 is 40.6. The van der Waals surface area contributed by atoms with Crippen LogP contribution in [-0.4, -0.2) is 43.5 Å². The maximum atomic E-state index is 12.9. The van der Waals surface area contributed by atoms with E-state index in [-0.39, 0.29) is 12.4 Å². The smallest absolute Gasteiger partial charge is 0.411 e. The van der Waals surface area contributed by atoms with Crippen molar-refractivity contribution in [2.24, 2.45) is 0 Å². The molecule has 0 unspecified atom stereocenters. The first kappa shape index (κ1) is 26.5. The van der Waals surface area contributed by atoms with Crippen molar-refractivity contribution >= 4 is 22.7 Å². The van der Waals surface area contributed by atoms with Gasteiger partial charge in [0.1, 0.15) is 23.6 Å². The standard InChI is InChI=1S/C28H28FN3O6/c1-17-18(2)24(38-27-21-14-25(34-3)26(35-4)15-23(21)30-16-31-27)11-10-22(17)32-28(33)37-13-5-12-36-20-8-6-19(29)7-9-20/h6-11,14-16H,5,12-13H2,1-4H3,(H,32,33). The molecule has 4 rings (SSSR count). The van der Waals surface area contributed by atoms with E-state index < -0.39 is 6.09 Å². The van der Waals surface area contributed by atoms with Crippen molar-refractivity contribution in [1.82, 2.24) is 9.97 Å². The van der Waals surface area contributed by atoms with Crippen LogP contribution in [0.2, 0.25) is 0 Å². The first-order valence-corrected chi connectivity index (χ1v) is 11.9. The topological polar surface area (TPSA) is 101 Å². The molecule has 1 N–H and O–H groups in total. The number of benzene rings is 3. The highest BCUT2D eigenvalue weighted by molar-refractivity contribution is 5.88. The summed E-state index contributed by atoms with van der Waals surface area (Å²) in [6.45, 7) is 4.27. The van der Waals surface area contributed by atoms with Gasteiger partial charge < -0.3 is 23.7 Å². The Balaban J connectivity index is 1.37. The number of hydrogen-bond donors (Lipinski definition) is 1. The molecule has 1 heterocycles. The fourth-order valence-electron chi connectivity index (χ4n) is 3.68. The van der Waals surface area contributed by atoms with Crippen LogP contribution in [0.15, 0.2) is 54.9 Å². The summed E-state index contributed by atoms with van der Waals surface area (Å²) in [6.07, 6.45) is 1.33. The Morgan fingerprint density at radius 1 is 0.895 bits per heavy atom. The average molecular weight is 522 g/mol. The Kier molecular flexibility index (Phi) is 8.42. The Hall–Kier alpha value is -4.60. The highest BCUT2D eigenvalue weighted by Crippen LogP contribution is 2.37. The molecular weight excluding hydrogens is 493 g/mol. The summed E-state index contributed by atoms with van der Waals surface area (Å²) in [5.41, 5.74) is 2.88. The summed E-state index contributed by atoms with van der Waals surface area (Å²) in [6, 6.07) is 12.8. The van der Waals surface area contributed by atoms with E-state index in [0.717, 1.165) is 11.1 Å². The summed E-state index contributed by atoms with van der Waals surface area (Å²) in [4.78, 5) is 20.9. The molecule has 0 fully saturated rings. The minimum absolute atomic E-state index is 0.168. The van der Waals surface area contributed by atoms with Gasteiger partial charge >= 0.3 is 6.09 Å². The summed E-state index contributed by atoms with van der Waals surface area (Å²) in [7, 11) is 3.12. The Labute approximate surface area is 219 Å². The zero-order chi connectivity index (χ0) is 27.1. The molecule has 0 atom stereocenters. The van der Waals surface area contributed by atoms with Gasteiger partial charge in [-0.1, -0.05) is 0 Å². The second kappa shape index (κ2) is 12.1. The zero-order valence-electron chi connectivity index (χ0n) is 21.5. The number of fused-ring (bicyclic) bond motifs is 1. The van der Waals surface area contributed by atoms with Crippen LogP contribution in [0.3, 0.4) is 0 Å². The number of carbonyl (C=O) groups is 1. The number of amides is 1. The molecule has 0 spiro atoms. The van der Waals surface area contributed by atoms with Crippen LogP contribution < -0.4 is 24.3 Å². The Bertz CT molecular complexity index is 1430. The van der Waals surface area contributed by atoms with Crippen LogP contribution in [0.25, 0.3) is 10.9 Å². The number of methoxy groups -OCH3 is 2. The normalized spacial score (nSPS) is 10.7. The molecule has 0 radical (unpaired) electrons. The molecule has 3 aromatic carbocycles. The predicted molar refractivity (Wildman–Crippen MR) is 140 cm³/mol. The third-order valence-corrected chi connectivity index (χ3v) is 5.89. The van der Waals surface area contributed by atoms with Crippen LogP contribution in [-0.2, 0) is 4.74 Å². The second-order valence-electron chi connectivity index (χ2n) is 8.28. The van der Waals surface area contributed by atoms with Crippen molar-refractivity contribution in [3.63, 3.8) is 0 Å². The van der Waals surface area contributed by atoms with Crippen molar-refractivity contribution in [1.29, 1.82) is 0 Å². The average Bonchev–Trinajstić information content (AvgIpc) is 2.93. The van der Waals surface area contributed by atoms with Gasteiger partial charge in [-0.05, 0) is 67.4 Å². The summed E-state index contributed by atoms with van der Waals surface area (Å²) in [5, 5.41) is 3.42. The van der Waals surface area contributed by atoms with E-state index in [2.05, 4.69) is 15.3 Å². The predicted octanol–water partition coefficient (Wildman–Crippen LogP) is 6.21. The van der Waals surface area contributed by atoms with Gasteiger partial charge in [0.2, 0.25) is 5.88 Å². The van der Waals surface area contributed by atoms with Crippen molar-refractivity contribution in [3.05, 3.63) is 71.8 Å². The lowest BCUT2D eigenvalue weighted by Gasteiger charge is -2.16. The number of hydrogen-bond acceptors (Lipinski definition) is 8. The van der Waals surface area contributed by atoms with E-state index in [9.17, 15) is 9.18 Å². The zero-order valence-corrected chi connectivity index (χ0v) is 21.5. The molecule has 10 heteroatoms. The molecular formula is C28H28FN3O6. The summed E-state index contributed by atoms with van der Waals surface area (Å²) in [5.74, 6) is 2.26. The molecule has 1 amide bonds. The van der Waals surface area contributed by atoms with Gasteiger partial charge in [0.05, 0.1) is 38.3 Å². The highest BCUT2D eigenvalue weighted by Gasteiger charge is 2.15. The maximum absolute atomic E-state index is 12.9. The van der Waals surface area contributed by atoms with E-state index >= 15 is 0 Å². The summed E-state index contributed by atoms with van der Waals surface area (Å²) >= 11 is 0. The SMILES string of the molecule is COc1cc2ncnc(Oc3ccc(NC(=O)OCCCOc4ccc(F)cc4)c(C)c3C)c2cc1OC. The monoisotopic (exact) mass is 521 g/mol. The molecule has 0 saturated carbocycles. The number of rotatable bonds is 10. The lowest BCUT2D eigenvalue weighted by Crippen LogP contribution is -2.16. The van der Waals surface area contributed by atoms with Gasteiger partial charge in [-0.3, -0.25) is 5.32 Å². The van der Waals surface area contributed by atoms with Gasteiger partial charge in [0, 0.05) is 18.2 Å². The number of nitrogens with one attached hydrogen (secondary N) is 1. The lowest BCUT2D eigenvalue weighted by atomic mass is 10.1. The van der Waals surface area contributed by atoms with Crippen molar-refractivity contribution in [2.45, 2.75) is 20.3 Å². The molecule has 9 nitrogen and oxygen atoms in total. The number of nitrogens with zero attached hydrogens (tertiary/aromatic N) is 2. The van der Waals surface area contributed by atoms with Crippen molar-refractivity contribution in [3.8, 4) is 28.9 Å². The van der Waals surface area contributed by atoms with Gasteiger partial charge in [0.25, 0.3) is 0 Å². The molecule has 4 aromatic rings. The van der Waals surface area contributed by atoms with Crippen LogP contribution >= 0.6 is 0 Å². The van der Waals surface area contributed by atoms with Crippen LogP contribution in [0.5, 0.6) is 28.9 Å². The number of halogens is 1. The molecule has 0 aliphatic carbocycles. The number of aromatic nitrogens is 2. The number of ether oxygens (including phenoxy) is 5.